The summed E-state index contributed by atoms with van der Waals surface area (Å²) in [6.45, 7) is 6.23. The molecule has 2 heterocycles. The van der Waals surface area contributed by atoms with Crippen molar-refractivity contribution in [3.8, 4) is 0 Å². The van der Waals surface area contributed by atoms with Gasteiger partial charge >= 0.3 is 0 Å². The van der Waals surface area contributed by atoms with Crippen LogP contribution in [0.2, 0.25) is 0 Å². The Balaban J connectivity index is 2.28. The number of nitrogens with two attached hydrogens (primary N) is 1. The van der Waals surface area contributed by atoms with E-state index >= 15 is 0 Å². The normalized spacial score (nSPS) is 14.2. The Morgan fingerprint density at radius 3 is 2.65 bits per heavy atom. The van der Waals surface area contributed by atoms with Crippen LogP contribution in [0.4, 0.5) is 0 Å². The summed E-state index contributed by atoms with van der Waals surface area (Å²) in [6, 6.07) is 4.29. The Hall–Kier alpha value is -1.33. The van der Waals surface area contributed by atoms with Gasteiger partial charge in [-0.15, -0.1) is 0 Å². The molecule has 2 unspecified atom stereocenters. The van der Waals surface area contributed by atoms with Gasteiger partial charge in [0.05, 0.1) is 16.5 Å². The summed E-state index contributed by atoms with van der Waals surface area (Å²) in [5.41, 5.74) is 9.73. The van der Waals surface area contributed by atoms with E-state index in [1.807, 2.05) is 31.0 Å². The Morgan fingerprint density at radius 1 is 1.35 bits per heavy atom. The summed E-state index contributed by atoms with van der Waals surface area (Å²) in [4.78, 5) is 4.60. The number of thioether (sulfide) groups is 1. The molecule has 4 nitrogen and oxygen atoms in total. The lowest BCUT2D eigenvalue weighted by Crippen LogP contribution is -2.25. The van der Waals surface area contributed by atoms with Crippen LogP contribution in [-0.2, 0) is 7.05 Å². The van der Waals surface area contributed by atoms with Crippen LogP contribution in [0.25, 0.3) is 0 Å². The predicted octanol–water partition coefficient (Wildman–Crippen LogP) is 3.00. The van der Waals surface area contributed by atoms with E-state index in [9.17, 15) is 0 Å². The van der Waals surface area contributed by atoms with Gasteiger partial charge in [-0.25, -0.2) is 4.98 Å². The van der Waals surface area contributed by atoms with E-state index in [1.54, 1.807) is 11.8 Å². The fourth-order valence-electron chi connectivity index (χ4n) is 2.20. The number of aromatic nitrogens is 3. The van der Waals surface area contributed by atoms with E-state index in [0.717, 1.165) is 22.7 Å². The molecule has 0 aliphatic carbocycles. The molecule has 0 saturated carbocycles. The van der Waals surface area contributed by atoms with Crippen molar-refractivity contribution in [3.63, 3.8) is 0 Å². The molecule has 0 fully saturated rings. The monoisotopic (exact) mass is 290 g/mol. The van der Waals surface area contributed by atoms with E-state index in [0.29, 0.717) is 0 Å². The zero-order valence-corrected chi connectivity index (χ0v) is 13.3. The Kier molecular flexibility index (Phi) is 4.83. The van der Waals surface area contributed by atoms with Gasteiger partial charge in [0.1, 0.15) is 0 Å². The van der Waals surface area contributed by atoms with Crippen molar-refractivity contribution in [3.05, 3.63) is 41.3 Å². The minimum Gasteiger partial charge on any atom is -0.326 e. The highest BCUT2D eigenvalue weighted by molar-refractivity contribution is 7.99. The van der Waals surface area contributed by atoms with Crippen molar-refractivity contribution in [2.75, 3.05) is 0 Å². The molecule has 0 aromatic carbocycles. The van der Waals surface area contributed by atoms with Crippen LogP contribution in [-0.4, -0.2) is 20.8 Å². The quantitative estimate of drug-likeness (QED) is 0.860. The lowest BCUT2D eigenvalue weighted by Gasteiger charge is -2.21. The van der Waals surface area contributed by atoms with Gasteiger partial charge in [0.2, 0.25) is 0 Å². The van der Waals surface area contributed by atoms with Gasteiger partial charge in [-0.05, 0) is 38.0 Å². The predicted molar refractivity (Wildman–Crippen MR) is 83.8 cm³/mol. The molecule has 20 heavy (non-hydrogen) atoms. The number of hydrogen-bond acceptors (Lipinski definition) is 4. The van der Waals surface area contributed by atoms with Crippen molar-refractivity contribution >= 4 is 11.8 Å². The zero-order valence-electron chi connectivity index (χ0n) is 12.5. The van der Waals surface area contributed by atoms with Crippen LogP contribution in [0.1, 0.15) is 35.4 Å². The topological polar surface area (TPSA) is 56.7 Å². The number of pyridine rings is 1. The van der Waals surface area contributed by atoms with E-state index in [-0.39, 0.29) is 11.3 Å². The van der Waals surface area contributed by atoms with Crippen molar-refractivity contribution in [1.82, 2.24) is 14.8 Å². The maximum absolute atomic E-state index is 6.30. The van der Waals surface area contributed by atoms with E-state index in [1.165, 1.54) is 5.56 Å². The SMILES string of the molecule is CCC(N)C(Sc1cc(C)cc(C)n1)c1cnn(C)c1. The summed E-state index contributed by atoms with van der Waals surface area (Å²) in [7, 11) is 1.93. The van der Waals surface area contributed by atoms with Gasteiger partial charge in [0.15, 0.2) is 0 Å². The molecular formula is C15H22N4S. The molecular weight excluding hydrogens is 268 g/mol. The fraction of sp³-hybridized carbons (Fsp3) is 0.467. The molecule has 2 rings (SSSR count). The smallest absolute Gasteiger partial charge is 0.0972 e. The standard InChI is InChI=1S/C15H22N4S/c1-5-13(16)15(12-8-17-19(4)9-12)20-14-7-10(2)6-11(3)18-14/h6-9,13,15H,5,16H2,1-4H3. The maximum Gasteiger partial charge on any atom is 0.0972 e. The van der Waals surface area contributed by atoms with Gasteiger partial charge in [-0.3, -0.25) is 4.68 Å². The fourth-order valence-corrected chi connectivity index (χ4v) is 3.53. The van der Waals surface area contributed by atoms with Crippen LogP contribution in [0.3, 0.4) is 0 Å². The van der Waals surface area contributed by atoms with Gasteiger partial charge in [0.25, 0.3) is 0 Å². The average Bonchev–Trinajstić information content (AvgIpc) is 2.80. The average molecular weight is 290 g/mol. The van der Waals surface area contributed by atoms with Gasteiger partial charge < -0.3 is 5.73 Å². The number of hydrogen-bond donors (Lipinski definition) is 1. The Labute approximate surface area is 124 Å². The van der Waals surface area contributed by atoms with Crippen molar-refractivity contribution in [2.24, 2.45) is 12.8 Å². The highest BCUT2D eigenvalue weighted by Crippen LogP contribution is 2.37. The largest absolute Gasteiger partial charge is 0.326 e. The molecule has 2 atom stereocenters. The van der Waals surface area contributed by atoms with Gasteiger partial charge in [-0.1, -0.05) is 18.7 Å². The third-order valence-corrected chi connectivity index (χ3v) is 4.56. The van der Waals surface area contributed by atoms with Crippen LogP contribution in [0.5, 0.6) is 0 Å². The first-order chi connectivity index (χ1) is 9.49. The summed E-state index contributed by atoms with van der Waals surface area (Å²) >= 11 is 1.73. The molecule has 0 aliphatic rings. The Bertz CT molecular complexity index is 559. The third kappa shape index (κ3) is 3.61. The minimum absolute atomic E-state index is 0.0896. The molecule has 108 valence electrons. The number of nitrogens with zero attached hydrogens (tertiary/aromatic N) is 3. The first-order valence-corrected chi connectivity index (χ1v) is 7.73. The molecule has 2 N–H and O–H groups in total. The molecule has 0 radical (unpaired) electrons. The van der Waals surface area contributed by atoms with Crippen LogP contribution >= 0.6 is 11.8 Å². The van der Waals surface area contributed by atoms with Crippen molar-refractivity contribution in [1.29, 1.82) is 0 Å². The minimum atomic E-state index is 0.0896. The molecule has 5 heteroatoms. The summed E-state index contributed by atoms with van der Waals surface area (Å²) < 4.78 is 1.82. The third-order valence-electron chi connectivity index (χ3n) is 3.24. The second-order valence-electron chi connectivity index (χ2n) is 5.18. The van der Waals surface area contributed by atoms with E-state index in [4.69, 9.17) is 5.73 Å². The van der Waals surface area contributed by atoms with Crippen LogP contribution in [0, 0.1) is 13.8 Å². The first-order valence-electron chi connectivity index (χ1n) is 6.85. The zero-order chi connectivity index (χ0) is 14.7. The second kappa shape index (κ2) is 6.41. The van der Waals surface area contributed by atoms with Crippen LogP contribution < -0.4 is 5.73 Å². The second-order valence-corrected chi connectivity index (χ2v) is 6.34. The molecule has 0 bridgehead atoms. The molecule has 0 aliphatic heterocycles. The number of aryl methyl sites for hydroxylation is 3. The lowest BCUT2D eigenvalue weighted by molar-refractivity contribution is 0.633. The molecule has 0 spiro atoms. The van der Waals surface area contributed by atoms with Gasteiger partial charge in [0, 0.05) is 30.5 Å². The summed E-state index contributed by atoms with van der Waals surface area (Å²) in [5.74, 6) is 0. The highest BCUT2D eigenvalue weighted by atomic mass is 32.2. The molecule has 0 saturated heterocycles. The van der Waals surface area contributed by atoms with E-state index in [2.05, 4.69) is 36.1 Å². The highest BCUT2D eigenvalue weighted by Gasteiger charge is 2.22. The Morgan fingerprint density at radius 2 is 2.10 bits per heavy atom. The molecule has 2 aromatic heterocycles. The first kappa shape index (κ1) is 15.1. The van der Waals surface area contributed by atoms with Crippen LogP contribution in [0.15, 0.2) is 29.6 Å². The van der Waals surface area contributed by atoms with Crippen molar-refractivity contribution in [2.45, 2.75) is 43.5 Å². The summed E-state index contributed by atoms with van der Waals surface area (Å²) in [5, 5.41) is 5.47. The van der Waals surface area contributed by atoms with Crippen molar-refractivity contribution < 1.29 is 0 Å². The molecule has 0 amide bonds. The molecule has 2 aromatic rings. The maximum atomic E-state index is 6.30. The van der Waals surface area contributed by atoms with Gasteiger partial charge in [-0.2, -0.15) is 5.10 Å². The van der Waals surface area contributed by atoms with E-state index < -0.39 is 0 Å². The summed E-state index contributed by atoms with van der Waals surface area (Å²) in [6.07, 6.45) is 4.86. The lowest BCUT2D eigenvalue weighted by atomic mass is 10.1. The number of rotatable bonds is 5.